The average molecular weight is 539 g/mol. The molecule has 4 N–H and O–H groups in total. The predicted octanol–water partition coefficient (Wildman–Crippen LogP) is 3.87. The van der Waals surface area contributed by atoms with Crippen LogP contribution in [-0.4, -0.2) is 58.1 Å². The highest BCUT2D eigenvalue weighted by Gasteiger charge is 2.32. The Morgan fingerprint density at radius 1 is 1.13 bits per heavy atom. The van der Waals surface area contributed by atoms with E-state index in [1.165, 1.54) is 11.4 Å². The van der Waals surface area contributed by atoms with Crippen LogP contribution in [0.4, 0.5) is 17.1 Å². The average Bonchev–Trinajstić information content (AvgIpc) is 2.98. The number of likely N-dealkylation sites (N-methyl/N-ethyl adjacent to an activating group) is 1. The molecule has 0 radical (unpaired) electrons. The first kappa shape index (κ1) is 27.3. The summed E-state index contributed by atoms with van der Waals surface area (Å²) < 4.78 is 34.2. The number of fused-ring (bicyclic) bond motifs is 1. The number of hydrogen-bond donors (Lipinski definition) is 3. The zero-order valence-corrected chi connectivity index (χ0v) is 22.9. The third-order valence-corrected chi connectivity index (χ3v) is 9.00. The molecular weight excluding hydrogens is 504 g/mol. The molecule has 1 atom stereocenters. The quantitative estimate of drug-likeness (QED) is 0.369. The first-order valence-electron chi connectivity index (χ1n) is 12.3. The number of sulfonamides is 1. The Kier molecular flexibility index (Phi) is 7.84. The van der Waals surface area contributed by atoms with Crippen molar-refractivity contribution in [3.63, 3.8) is 0 Å². The first-order chi connectivity index (χ1) is 18.1. The van der Waals surface area contributed by atoms with Crippen LogP contribution >= 0.6 is 0 Å². The van der Waals surface area contributed by atoms with E-state index < -0.39 is 21.9 Å². The molecule has 0 saturated heterocycles. The van der Waals surface area contributed by atoms with Gasteiger partial charge >= 0.3 is 5.97 Å². The molecule has 0 saturated carbocycles. The number of carboxylic acid groups (broad SMARTS) is 1. The highest BCUT2D eigenvalue weighted by Crippen LogP contribution is 2.39. The number of carbonyl (C=O) groups is 1. The Hall–Kier alpha value is -3.76. The summed E-state index contributed by atoms with van der Waals surface area (Å²) in [6.45, 7) is 2.98. The molecule has 10 heteroatoms. The summed E-state index contributed by atoms with van der Waals surface area (Å²) in [7, 11) is 1.42. The number of aliphatic carboxylic acids is 1. The monoisotopic (exact) mass is 538 g/mol. The number of para-hydroxylation sites is 1. The third-order valence-electron chi connectivity index (χ3n) is 7.11. The van der Waals surface area contributed by atoms with Crippen LogP contribution < -0.4 is 20.7 Å². The van der Waals surface area contributed by atoms with Crippen molar-refractivity contribution in [2.24, 2.45) is 0 Å². The van der Waals surface area contributed by atoms with Gasteiger partial charge in [0, 0.05) is 39.6 Å². The fourth-order valence-electron chi connectivity index (χ4n) is 4.96. The van der Waals surface area contributed by atoms with E-state index in [9.17, 15) is 18.3 Å². The minimum Gasteiger partial charge on any atom is -0.494 e. The molecule has 1 unspecified atom stereocenters. The number of nitrogens with two attached hydrogens (primary N) is 1. The summed E-state index contributed by atoms with van der Waals surface area (Å²) in [5.74, 6) is -0.952. The maximum Gasteiger partial charge on any atom is 0.304 e. The van der Waals surface area contributed by atoms with Crippen LogP contribution in [0, 0.1) is 6.92 Å². The molecule has 0 aliphatic carbocycles. The zero-order chi connectivity index (χ0) is 27.6. The van der Waals surface area contributed by atoms with Crippen LogP contribution in [0.25, 0.3) is 0 Å². The predicted molar refractivity (Wildman–Crippen MR) is 150 cm³/mol. The van der Waals surface area contributed by atoms with Gasteiger partial charge in [-0.2, -0.15) is 4.31 Å². The van der Waals surface area contributed by atoms with Gasteiger partial charge < -0.3 is 25.8 Å². The largest absolute Gasteiger partial charge is 0.494 e. The van der Waals surface area contributed by atoms with E-state index in [4.69, 9.17) is 10.5 Å². The zero-order valence-electron chi connectivity index (χ0n) is 22.1. The molecule has 0 bridgehead atoms. The van der Waals surface area contributed by atoms with E-state index in [1.54, 1.807) is 31.3 Å². The minimum absolute atomic E-state index is 0.163. The number of ether oxygens (including phenoxy) is 1. The lowest BCUT2D eigenvalue weighted by Crippen LogP contribution is -2.33. The van der Waals surface area contributed by atoms with Crippen molar-refractivity contribution in [3.8, 4) is 5.75 Å². The Balaban J connectivity index is 1.75. The van der Waals surface area contributed by atoms with Gasteiger partial charge in [0.15, 0.2) is 0 Å². The standard InChI is InChI=1S/C28H34N4O5S/c1-18-9-10-19(22(16-27(33)34)20-14-23(29)28(30-2)25(15-20)37-4)13-21(18)17-32-12-11-31(3)24-7-5-6-8-26(24)38(32,35)36/h5-10,13-15,22,30H,11-12,16-17,29H2,1-4H3,(H,33,34). The third kappa shape index (κ3) is 5.27. The molecule has 4 rings (SSSR count). The van der Waals surface area contributed by atoms with Crippen molar-refractivity contribution < 1.29 is 23.1 Å². The van der Waals surface area contributed by atoms with E-state index >= 15 is 0 Å². The Morgan fingerprint density at radius 3 is 2.55 bits per heavy atom. The second-order valence-corrected chi connectivity index (χ2v) is 11.4. The number of nitrogen functional groups attached to an aromatic ring is 1. The first-order valence-corrected chi connectivity index (χ1v) is 13.8. The van der Waals surface area contributed by atoms with Gasteiger partial charge in [0.25, 0.3) is 0 Å². The second kappa shape index (κ2) is 10.9. The molecule has 9 nitrogen and oxygen atoms in total. The number of rotatable bonds is 8. The molecule has 3 aromatic rings. The van der Waals surface area contributed by atoms with Crippen LogP contribution in [0.1, 0.15) is 34.6 Å². The second-order valence-electron chi connectivity index (χ2n) is 9.50. The summed E-state index contributed by atoms with van der Waals surface area (Å²) in [5.41, 5.74) is 11.2. The van der Waals surface area contributed by atoms with E-state index in [1.807, 2.05) is 49.2 Å². The number of benzene rings is 3. The summed E-state index contributed by atoms with van der Waals surface area (Å²) >= 11 is 0. The van der Waals surface area contributed by atoms with Gasteiger partial charge in [0.1, 0.15) is 10.6 Å². The van der Waals surface area contributed by atoms with Crippen LogP contribution in [-0.2, 0) is 21.4 Å². The molecular formula is C28H34N4O5S. The molecule has 3 aromatic carbocycles. The van der Waals surface area contributed by atoms with Gasteiger partial charge in [-0.25, -0.2) is 8.42 Å². The van der Waals surface area contributed by atoms with Gasteiger partial charge in [-0.15, -0.1) is 0 Å². The van der Waals surface area contributed by atoms with Crippen molar-refractivity contribution in [1.29, 1.82) is 0 Å². The number of methoxy groups -OCH3 is 1. The number of nitrogens with one attached hydrogen (secondary N) is 1. The van der Waals surface area contributed by atoms with Crippen LogP contribution in [0.5, 0.6) is 5.75 Å². The smallest absolute Gasteiger partial charge is 0.304 e. The Morgan fingerprint density at radius 2 is 1.87 bits per heavy atom. The highest BCUT2D eigenvalue weighted by molar-refractivity contribution is 7.89. The number of aryl methyl sites for hydroxylation is 1. The normalized spacial score (nSPS) is 15.8. The van der Waals surface area contributed by atoms with E-state index in [-0.39, 0.29) is 17.9 Å². The summed E-state index contributed by atoms with van der Waals surface area (Å²) in [4.78, 5) is 14.1. The molecule has 0 fully saturated rings. The van der Waals surface area contributed by atoms with Crippen molar-refractivity contribution >= 4 is 33.1 Å². The number of hydrogen-bond acceptors (Lipinski definition) is 7. The Labute approximate surface area is 223 Å². The van der Waals surface area contributed by atoms with Crippen LogP contribution in [0.15, 0.2) is 59.5 Å². The maximum atomic E-state index is 13.6. The molecule has 0 aromatic heterocycles. The number of nitrogens with zero attached hydrogens (tertiary/aromatic N) is 2. The minimum atomic E-state index is -3.74. The highest BCUT2D eigenvalue weighted by atomic mass is 32.2. The lowest BCUT2D eigenvalue weighted by atomic mass is 9.86. The van der Waals surface area contributed by atoms with Gasteiger partial charge in [0.2, 0.25) is 10.0 Å². The molecule has 1 aliphatic rings. The fourth-order valence-corrected chi connectivity index (χ4v) is 6.60. The van der Waals surface area contributed by atoms with Gasteiger partial charge in [-0.1, -0.05) is 30.3 Å². The van der Waals surface area contributed by atoms with Crippen molar-refractivity contribution in [3.05, 3.63) is 76.9 Å². The lowest BCUT2D eigenvalue weighted by molar-refractivity contribution is -0.137. The van der Waals surface area contributed by atoms with Crippen molar-refractivity contribution in [1.82, 2.24) is 4.31 Å². The number of carboxylic acids is 1. The van der Waals surface area contributed by atoms with Gasteiger partial charge in [-0.3, -0.25) is 4.79 Å². The van der Waals surface area contributed by atoms with E-state index in [0.717, 1.165) is 16.7 Å². The molecule has 1 heterocycles. The molecule has 0 spiro atoms. The van der Waals surface area contributed by atoms with Gasteiger partial charge in [-0.05, 0) is 53.4 Å². The van der Waals surface area contributed by atoms with Crippen LogP contribution in [0.3, 0.4) is 0 Å². The molecule has 38 heavy (non-hydrogen) atoms. The van der Waals surface area contributed by atoms with E-state index in [2.05, 4.69) is 5.32 Å². The maximum absolute atomic E-state index is 13.6. The fraction of sp³-hybridized carbons (Fsp3) is 0.321. The van der Waals surface area contributed by atoms with Gasteiger partial charge in [0.05, 0.1) is 30.6 Å². The summed E-state index contributed by atoms with van der Waals surface area (Å²) in [6.07, 6.45) is -0.163. The molecule has 1 aliphatic heterocycles. The lowest BCUT2D eigenvalue weighted by Gasteiger charge is -2.24. The summed E-state index contributed by atoms with van der Waals surface area (Å²) in [6, 6.07) is 16.3. The number of anilines is 3. The Bertz CT molecular complexity index is 1460. The molecule has 202 valence electrons. The topological polar surface area (TPSA) is 125 Å². The van der Waals surface area contributed by atoms with Crippen molar-refractivity contribution in [2.45, 2.75) is 30.7 Å². The SMILES string of the molecule is CNc1c(N)cc(C(CC(=O)O)c2ccc(C)c(CN3CCN(C)c4ccccc4S3(=O)=O)c2)cc1OC. The van der Waals surface area contributed by atoms with Crippen LogP contribution in [0.2, 0.25) is 0 Å². The van der Waals surface area contributed by atoms with Crippen molar-refractivity contribution in [2.75, 3.05) is 50.2 Å². The van der Waals surface area contributed by atoms with E-state index in [0.29, 0.717) is 41.5 Å². The molecule has 0 amide bonds. The summed E-state index contributed by atoms with van der Waals surface area (Å²) in [5, 5.41) is 12.8.